The van der Waals surface area contributed by atoms with Gasteiger partial charge in [0.1, 0.15) is 6.10 Å². The van der Waals surface area contributed by atoms with E-state index >= 15 is 0 Å². The zero-order chi connectivity index (χ0) is 22.4. The highest BCUT2D eigenvalue weighted by molar-refractivity contribution is 5.34. The van der Waals surface area contributed by atoms with Crippen LogP contribution in [0.3, 0.4) is 0 Å². The van der Waals surface area contributed by atoms with Crippen molar-refractivity contribution in [1.82, 2.24) is 0 Å². The van der Waals surface area contributed by atoms with Crippen molar-refractivity contribution in [2.75, 3.05) is 20.3 Å². The first kappa shape index (κ1) is 24.1. The quantitative estimate of drug-likeness (QED) is 0.391. The second-order valence-corrected chi connectivity index (χ2v) is 8.98. The summed E-state index contributed by atoms with van der Waals surface area (Å²) in [5.41, 5.74) is 0. The lowest BCUT2D eigenvalue weighted by molar-refractivity contribution is -0.174. The van der Waals surface area contributed by atoms with E-state index in [4.69, 9.17) is 9.47 Å². The minimum atomic E-state index is -3.08. The normalized spacial score (nSPS) is 27.2. The molecule has 2 unspecified atom stereocenters. The highest BCUT2D eigenvalue weighted by Gasteiger charge is 2.43. The molecule has 2 fully saturated rings. The predicted octanol–water partition coefficient (Wildman–Crippen LogP) is 6.78. The van der Waals surface area contributed by atoms with E-state index in [2.05, 4.69) is 11.7 Å². The van der Waals surface area contributed by atoms with Crippen LogP contribution in [-0.4, -0.2) is 32.4 Å². The van der Waals surface area contributed by atoms with E-state index in [1.54, 1.807) is 0 Å². The van der Waals surface area contributed by atoms with Gasteiger partial charge in [-0.25, -0.2) is 8.78 Å². The van der Waals surface area contributed by atoms with Gasteiger partial charge in [0.15, 0.2) is 11.5 Å². The lowest BCUT2D eigenvalue weighted by atomic mass is 9.73. The molecule has 0 aromatic heterocycles. The first-order chi connectivity index (χ1) is 14.9. The Hall–Kier alpha value is -1.50. The molecule has 0 N–H and O–H groups in total. The van der Waals surface area contributed by atoms with E-state index in [-0.39, 0.29) is 5.75 Å². The maximum Gasteiger partial charge on any atom is 0.276 e. The molecule has 0 bridgehead atoms. The van der Waals surface area contributed by atoms with Crippen molar-refractivity contribution in [2.45, 2.75) is 76.7 Å². The summed E-state index contributed by atoms with van der Waals surface area (Å²) in [6.07, 6.45) is 6.66. The molecule has 1 saturated carbocycles. The van der Waals surface area contributed by atoms with Gasteiger partial charge in [0.2, 0.25) is 11.6 Å². The van der Waals surface area contributed by atoms with Crippen LogP contribution < -0.4 is 9.47 Å². The summed E-state index contributed by atoms with van der Waals surface area (Å²) in [5.74, 6) is -4.42. The SMILES string of the molecule is CCCC1CCC(C2CCC(C(F)(F)CCOc3ccc(OC)c(F)c3F)OC2)CC1. The molecule has 7 heteroatoms. The highest BCUT2D eigenvalue weighted by Crippen LogP contribution is 2.41. The van der Waals surface area contributed by atoms with E-state index in [0.29, 0.717) is 24.9 Å². The Morgan fingerprint density at radius 3 is 2.23 bits per heavy atom. The van der Waals surface area contributed by atoms with Crippen LogP contribution in [0.5, 0.6) is 11.5 Å². The van der Waals surface area contributed by atoms with Crippen LogP contribution in [0.15, 0.2) is 12.1 Å². The van der Waals surface area contributed by atoms with Gasteiger partial charge in [-0.1, -0.05) is 32.6 Å². The van der Waals surface area contributed by atoms with Gasteiger partial charge in [-0.15, -0.1) is 0 Å². The lowest BCUT2D eigenvalue weighted by Gasteiger charge is -2.39. The number of rotatable bonds is 9. The van der Waals surface area contributed by atoms with Gasteiger partial charge >= 0.3 is 0 Å². The van der Waals surface area contributed by atoms with Gasteiger partial charge in [0.05, 0.1) is 20.3 Å². The number of benzene rings is 1. The number of ether oxygens (including phenoxy) is 3. The first-order valence-electron chi connectivity index (χ1n) is 11.5. The average Bonchev–Trinajstić information content (AvgIpc) is 2.77. The van der Waals surface area contributed by atoms with Crippen molar-refractivity contribution in [2.24, 2.45) is 17.8 Å². The summed E-state index contributed by atoms with van der Waals surface area (Å²) >= 11 is 0. The van der Waals surface area contributed by atoms with Gasteiger partial charge in [-0.05, 0) is 55.6 Å². The molecular weight excluding hydrogens is 412 g/mol. The van der Waals surface area contributed by atoms with E-state index < -0.39 is 42.4 Å². The Balaban J connectivity index is 1.43. The summed E-state index contributed by atoms with van der Waals surface area (Å²) in [7, 11) is 1.21. The van der Waals surface area contributed by atoms with Crippen LogP contribution in [0, 0.1) is 29.4 Å². The second kappa shape index (κ2) is 10.9. The Bertz CT molecular complexity index is 696. The van der Waals surface area contributed by atoms with Gasteiger partial charge < -0.3 is 14.2 Å². The minimum absolute atomic E-state index is 0.265. The smallest absolute Gasteiger partial charge is 0.276 e. The van der Waals surface area contributed by atoms with Crippen LogP contribution in [0.25, 0.3) is 0 Å². The Morgan fingerprint density at radius 1 is 0.968 bits per heavy atom. The van der Waals surface area contributed by atoms with E-state index in [1.165, 1.54) is 57.8 Å². The number of alkyl halides is 2. The Kier molecular flexibility index (Phi) is 8.48. The third-order valence-electron chi connectivity index (χ3n) is 6.96. The van der Waals surface area contributed by atoms with Crippen molar-refractivity contribution in [3.05, 3.63) is 23.8 Å². The van der Waals surface area contributed by atoms with Crippen molar-refractivity contribution in [3.8, 4) is 11.5 Å². The molecule has 0 amide bonds. The summed E-state index contributed by atoms with van der Waals surface area (Å²) in [6, 6.07) is 2.37. The molecule has 2 aliphatic rings. The van der Waals surface area contributed by atoms with Gasteiger partial charge in [0, 0.05) is 6.42 Å². The zero-order valence-electron chi connectivity index (χ0n) is 18.5. The van der Waals surface area contributed by atoms with Crippen molar-refractivity contribution < 1.29 is 31.8 Å². The maximum atomic E-state index is 14.6. The molecule has 1 aromatic rings. The van der Waals surface area contributed by atoms with Crippen LogP contribution in [0.1, 0.15) is 64.7 Å². The number of hydrogen-bond acceptors (Lipinski definition) is 3. The zero-order valence-corrected chi connectivity index (χ0v) is 18.5. The molecule has 0 spiro atoms. The third-order valence-corrected chi connectivity index (χ3v) is 6.96. The van der Waals surface area contributed by atoms with Crippen molar-refractivity contribution in [1.29, 1.82) is 0 Å². The average molecular weight is 447 g/mol. The summed E-state index contributed by atoms with van der Waals surface area (Å²) in [6.45, 7) is 2.17. The molecule has 31 heavy (non-hydrogen) atoms. The summed E-state index contributed by atoms with van der Waals surface area (Å²) < 4.78 is 72.2. The molecule has 3 nitrogen and oxygen atoms in total. The monoisotopic (exact) mass is 446 g/mol. The first-order valence-corrected chi connectivity index (χ1v) is 11.5. The Labute approximate surface area is 182 Å². The van der Waals surface area contributed by atoms with Crippen LogP contribution in [0.4, 0.5) is 17.6 Å². The van der Waals surface area contributed by atoms with Gasteiger partial charge in [-0.2, -0.15) is 8.78 Å². The minimum Gasteiger partial charge on any atom is -0.494 e. The molecule has 1 saturated heterocycles. The predicted molar refractivity (Wildman–Crippen MR) is 111 cm³/mol. The molecular formula is C24H34F4O3. The van der Waals surface area contributed by atoms with Gasteiger partial charge in [0.25, 0.3) is 5.92 Å². The van der Waals surface area contributed by atoms with Gasteiger partial charge in [-0.3, -0.25) is 0 Å². The molecule has 1 aromatic carbocycles. The molecule has 1 heterocycles. The van der Waals surface area contributed by atoms with E-state index in [1.807, 2.05) is 0 Å². The molecule has 0 radical (unpaired) electrons. The lowest BCUT2D eigenvalue weighted by Crippen LogP contribution is -2.43. The highest BCUT2D eigenvalue weighted by atomic mass is 19.3. The van der Waals surface area contributed by atoms with E-state index in [9.17, 15) is 17.6 Å². The molecule has 2 atom stereocenters. The summed E-state index contributed by atoms with van der Waals surface area (Å²) in [5, 5.41) is 0. The Morgan fingerprint density at radius 2 is 1.61 bits per heavy atom. The number of methoxy groups -OCH3 is 1. The fourth-order valence-electron chi connectivity index (χ4n) is 5.07. The van der Waals surface area contributed by atoms with Crippen molar-refractivity contribution in [3.63, 3.8) is 0 Å². The fraction of sp³-hybridized carbons (Fsp3) is 0.750. The van der Waals surface area contributed by atoms with Crippen LogP contribution in [-0.2, 0) is 4.74 Å². The van der Waals surface area contributed by atoms with Crippen LogP contribution in [0.2, 0.25) is 0 Å². The standard InChI is InChI=1S/C24H34F4O3/c1-3-4-16-5-7-17(8-6-16)18-9-12-21(31-15-18)24(27,28)13-14-30-20-11-10-19(29-2)22(25)23(20)26/h10-11,16-18,21H,3-9,12-15H2,1-2H3. The molecule has 3 rings (SSSR count). The summed E-state index contributed by atoms with van der Waals surface area (Å²) in [4.78, 5) is 0. The second-order valence-electron chi connectivity index (χ2n) is 8.98. The number of hydrogen-bond donors (Lipinski definition) is 0. The van der Waals surface area contributed by atoms with Crippen LogP contribution >= 0.6 is 0 Å². The topological polar surface area (TPSA) is 27.7 Å². The fourth-order valence-corrected chi connectivity index (χ4v) is 5.07. The maximum absolute atomic E-state index is 14.6. The molecule has 1 aliphatic heterocycles. The number of halogens is 4. The third kappa shape index (κ3) is 6.05. The molecule has 1 aliphatic carbocycles. The van der Waals surface area contributed by atoms with Crippen molar-refractivity contribution >= 4 is 0 Å². The molecule has 176 valence electrons. The largest absolute Gasteiger partial charge is 0.494 e. The van der Waals surface area contributed by atoms with E-state index in [0.717, 1.165) is 12.3 Å².